The lowest BCUT2D eigenvalue weighted by Crippen LogP contribution is -2.50. The topological polar surface area (TPSA) is 69.6 Å². The fourth-order valence-corrected chi connectivity index (χ4v) is 2.51. The summed E-state index contributed by atoms with van der Waals surface area (Å²) < 4.78 is 0. The standard InChI is InChI=1S/C14H17ClN2O3/c15-10-4-3-5-11(8-10)17(9-13(18)19)14(20)12-6-1-2-7-16-12/h3-5,8,12,16H,1-2,6-7,9H2,(H,18,19). The highest BCUT2D eigenvalue weighted by Crippen LogP contribution is 2.21. The van der Waals surface area contributed by atoms with Crippen LogP contribution in [0.2, 0.25) is 5.02 Å². The monoisotopic (exact) mass is 296 g/mol. The summed E-state index contributed by atoms with van der Waals surface area (Å²) in [6.45, 7) is 0.421. The molecule has 0 spiro atoms. The number of aliphatic carboxylic acids is 1. The molecule has 0 bridgehead atoms. The average Bonchev–Trinajstić information content (AvgIpc) is 2.45. The number of nitrogens with zero attached hydrogens (tertiary/aromatic N) is 1. The fourth-order valence-electron chi connectivity index (χ4n) is 2.33. The molecule has 1 atom stereocenters. The third kappa shape index (κ3) is 3.71. The number of carboxylic acids is 1. The molecule has 1 aromatic carbocycles. The van der Waals surface area contributed by atoms with Crippen molar-refractivity contribution in [3.63, 3.8) is 0 Å². The Hall–Kier alpha value is -1.59. The molecule has 1 saturated heterocycles. The molecule has 2 rings (SSSR count). The first-order valence-electron chi connectivity index (χ1n) is 6.60. The van der Waals surface area contributed by atoms with Gasteiger partial charge in [-0.05, 0) is 37.6 Å². The van der Waals surface area contributed by atoms with Crippen LogP contribution in [0.25, 0.3) is 0 Å². The number of benzene rings is 1. The molecule has 5 nitrogen and oxygen atoms in total. The van der Waals surface area contributed by atoms with E-state index in [1.165, 1.54) is 4.90 Å². The minimum atomic E-state index is -1.05. The van der Waals surface area contributed by atoms with E-state index in [9.17, 15) is 9.59 Å². The van der Waals surface area contributed by atoms with E-state index >= 15 is 0 Å². The number of carboxylic acid groups (broad SMARTS) is 1. The number of amides is 1. The lowest BCUT2D eigenvalue weighted by atomic mass is 10.0. The van der Waals surface area contributed by atoms with Crippen LogP contribution >= 0.6 is 11.6 Å². The van der Waals surface area contributed by atoms with Gasteiger partial charge < -0.3 is 10.4 Å². The summed E-state index contributed by atoms with van der Waals surface area (Å²) in [6.07, 6.45) is 2.75. The lowest BCUT2D eigenvalue weighted by molar-refractivity contribution is -0.137. The summed E-state index contributed by atoms with van der Waals surface area (Å²) in [5.74, 6) is -1.26. The maximum absolute atomic E-state index is 12.5. The van der Waals surface area contributed by atoms with Crippen molar-refractivity contribution in [3.05, 3.63) is 29.3 Å². The Morgan fingerprint density at radius 3 is 2.80 bits per heavy atom. The van der Waals surface area contributed by atoms with Crippen LogP contribution in [-0.2, 0) is 9.59 Å². The highest BCUT2D eigenvalue weighted by Gasteiger charge is 2.28. The average molecular weight is 297 g/mol. The van der Waals surface area contributed by atoms with Crippen molar-refractivity contribution in [1.82, 2.24) is 5.32 Å². The van der Waals surface area contributed by atoms with Gasteiger partial charge in [-0.15, -0.1) is 0 Å². The Kier molecular flexibility index (Phi) is 4.98. The first-order valence-corrected chi connectivity index (χ1v) is 6.98. The van der Waals surface area contributed by atoms with E-state index in [1.54, 1.807) is 24.3 Å². The van der Waals surface area contributed by atoms with Crippen molar-refractivity contribution in [2.45, 2.75) is 25.3 Å². The molecule has 0 radical (unpaired) electrons. The van der Waals surface area contributed by atoms with E-state index in [0.717, 1.165) is 25.8 Å². The van der Waals surface area contributed by atoms with Gasteiger partial charge in [0.2, 0.25) is 5.91 Å². The molecule has 0 aromatic heterocycles. The Balaban J connectivity index is 2.22. The first-order chi connectivity index (χ1) is 9.58. The summed E-state index contributed by atoms with van der Waals surface area (Å²) in [5, 5.41) is 12.6. The minimum Gasteiger partial charge on any atom is -0.480 e. The van der Waals surface area contributed by atoms with Gasteiger partial charge in [0.15, 0.2) is 0 Å². The second kappa shape index (κ2) is 6.72. The number of anilines is 1. The van der Waals surface area contributed by atoms with Gasteiger partial charge in [0, 0.05) is 10.7 Å². The Morgan fingerprint density at radius 1 is 1.40 bits per heavy atom. The molecule has 1 fully saturated rings. The van der Waals surface area contributed by atoms with Crippen LogP contribution in [0.4, 0.5) is 5.69 Å². The van der Waals surface area contributed by atoms with Crippen LogP contribution in [0.5, 0.6) is 0 Å². The third-order valence-corrected chi connectivity index (χ3v) is 3.52. The molecule has 1 heterocycles. The molecule has 1 aliphatic heterocycles. The maximum Gasteiger partial charge on any atom is 0.323 e. The molecular weight excluding hydrogens is 280 g/mol. The predicted molar refractivity (Wildman–Crippen MR) is 77.1 cm³/mol. The van der Waals surface area contributed by atoms with Crippen molar-refractivity contribution in [1.29, 1.82) is 0 Å². The number of rotatable bonds is 4. The molecule has 0 aliphatic carbocycles. The van der Waals surface area contributed by atoms with Gasteiger partial charge in [-0.25, -0.2) is 0 Å². The summed E-state index contributed by atoms with van der Waals surface area (Å²) in [4.78, 5) is 24.8. The number of carbonyl (C=O) groups is 2. The zero-order chi connectivity index (χ0) is 14.5. The van der Waals surface area contributed by atoms with Crippen LogP contribution in [0.1, 0.15) is 19.3 Å². The van der Waals surface area contributed by atoms with E-state index in [0.29, 0.717) is 10.7 Å². The van der Waals surface area contributed by atoms with E-state index in [4.69, 9.17) is 16.7 Å². The highest BCUT2D eigenvalue weighted by molar-refractivity contribution is 6.31. The Bertz CT molecular complexity index is 501. The summed E-state index contributed by atoms with van der Waals surface area (Å²) in [5.41, 5.74) is 0.511. The molecule has 1 aliphatic rings. The number of carbonyl (C=O) groups excluding carboxylic acids is 1. The second-order valence-corrected chi connectivity index (χ2v) is 5.24. The van der Waals surface area contributed by atoms with Crippen molar-refractivity contribution in [2.24, 2.45) is 0 Å². The molecule has 1 amide bonds. The molecule has 1 unspecified atom stereocenters. The number of hydrogen-bond donors (Lipinski definition) is 2. The van der Waals surface area contributed by atoms with Gasteiger partial charge in [0.05, 0.1) is 6.04 Å². The smallest absolute Gasteiger partial charge is 0.323 e. The molecular formula is C14H17ClN2O3. The maximum atomic E-state index is 12.5. The van der Waals surface area contributed by atoms with E-state index in [-0.39, 0.29) is 18.5 Å². The van der Waals surface area contributed by atoms with Gasteiger partial charge in [0.25, 0.3) is 0 Å². The zero-order valence-electron chi connectivity index (χ0n) is 11.0. The minimum absolute atomic E-state index is 0.214. The van der Waals surface area contributed by atoms with Crippen molar-refractivity contribution in [3.8, 4) is 0 Å². The molecule has 20 heavy (non-hydrogen) atoms. The number of halogens is 1. The van der Waals surface area contributed by atoms with E-state index < -0.39 is 5.97 Å². The normalized spacial score (nSPS) is 18.6. The first kappa shape index (κ1) is 14.8. The largest absolute Gasteiger partial charge is 0.480 e. The molecule has 0 saturated carbocycles. The molecule has 108 valence electrons. The second-order valence-electron chi connectivity index (χ2n) is 4.80. The van der Waals surface area contributed by atoms with Crippen molar-refractivity contribution in [2.75, 3.05) is 18.0 Å². The zero-order valence-corrected chi connectivity index (χ0v) is 11.8. The third-order valence-electron chi connectivity index (χ3n) is 3.29. The van der Waals surface area contributed by atoms with Crippen molar-refractivity contribution < 1.29 is 14.7 Å². The van der Waals surface area contributed by atoms with E-state index in [2.05, 4.69) is 5.32 Å². The van der Waals surface area contributed by atoms with Crippen LogP contribution in [0.3, 0.4) is 0 Å². The van der Waals surface area contributed by atoms with Crippen LogP contribution in [0, 0.1) is 0 Å². The number of nitrogens with one attached hydrogen (secondary N) is 1. The van der Waals surface area contributed by atoms with Gasteiger partial charge in [-0.1, -0.05) is 24.1 Å². The van der Waals surface area contributed by atoms with E-state index in [1.807, 2.05) is 0 Å². The summed E-state index contributed by atoms with van der Waals surface area (Å²) in [6, 6.07) is 6.37. The summed E-state index contributed by atoms with van der Waals surface area (Å²) in [7, 11) is 0. The van der Waals surface area contributed by atoms with Gasteiger partial charge in [-0.3, -0.25) is 14.5 Å². The fraction of sp³-hybridized carbons (Fsp3) is 0.429. The van der Waals surface area contributed by atoms with Crippen LogP contribution < -0.4 is 10.2 Å². The highest BCUT2D eigenvalue weighted by atomic mass is 35.5. The molecule has 2 N–H and O–H groups in total. The van der Waals surface area contributed by atoms with Crippen LogP contribution in [-0.4, -0.2) is 36.1 Å². The van der Waals surface area contributed by atoms with Gasteiger partial charge in [-0.2, -0.15) is 0 Å². The van der Waals surface area contributed by atoms with Crippen molar-refractivity contribution >= 4 is 29.2 Å². The Labute approximate surface area is 122 Å². The van der Waals surface area contributed by atoms with Crippen LogP contribution in [0.15, 0.2) is 24.3 Å². The predicted octanol–water partition coefficient (Wildman–Crippen LogP) is 1.90. The SMILES string of the molecule is O=C(O)CN(C(=O)C1CCCCN1)c1cccc(Cl)c1. The molecule has 6 heteroatoms. The Morgan fingerprint density at radius 2 is 2.20 bits per heavy atom. The molecule has 1 aromatic rings. The van der Waals surface area contributed by atoms with Gasteiger partial charge in [0.1, 0.15) is 6.54 Å². The quantitative estimate of drug-likeness (QED) is 0.890. The summed E-state index contributed by atoms with van der Waals surface area (Å²) >= 11 is 5.91. The number of piperidine rings is 1. The lowest BCUT2D eigenvalue weighted by Gasteiger charge is -2.29. The van der Waals surface area contributed by atoms with Gasteiger partial charge >= 0.3 is 5.97 Å². The number of hydrogen-bond acceptors (Lipinski definition) is 3.